The Hall–Kier alpha value is -4.15. The second kappa shape index (κ2) is 21.4. The van der Waals surface area contributed by atoms with Crippen molar-refractivity contribution in [1.29, 1.82) is 0 Å². The highest BCUT2D eigenvalue weighted by Gasteiger charge is 2.66. The summed E-state index contributed by atoms with van der Waals surface area (Å²) < 4.78 is -0.834. The first kappa shape index (κ1) is 46.2. The molecule has 2 aliphatic rings. The Balaban J connectivity index is 1.56. The topological polar surface area (TPSA) is 141 Å². The van der Waals surface area contributed by atoms with Crippen LogP contribution < -0.4 is 5.73 Å². The van der Waals surface area contributed by atoms with Gasteiger partial charge in [-0.1, -0.05) is 76.5 Å². The van der Waals surface area contributed by atoms with Gasteiger partial charge in [-0.25, -0.2) is 4.79 Å². The minimum atomic E-state index is -1.28. The van der Waals surface area contributed by atoms with Crippen molar-refractivity contribution >= 4 is 35.5 Å². The second-order valence-corrected chi connectivity index (χ2v) is 18.0. The van der Waals surface area contributed by atoms with Crippen LogP contribution in [0.1, 0.15) is 138 Å². The summed E-state index contributed by atoms with van der Waals surface area (Å²) in [4.78, 5) is 55.9. The number of nitrogens with zero attached hydrogens (tertiary/aromatic N) is 2. The number of carbonyl (C=O) groups excluding carboxylic acids is 3. The number of imide groups is 1. The molecule has 0 radical (unpaired) electrons. The summed E-state index contributed by atoms with van der Waals surface area (Å²) >= 11 is 1.26. The van der Waals surface area contributed by atoms with E-state index in [0.29, 0.717) is 17.6 Å². The van der Waals surface area contributed by atoms with Gasteiger partial charge in [0.1, 0.15) is 29.2 Å². The van der Waals surface area contributed by atoms with E-state index in [-0.39, 0.29) is 5.75 Å². The van der Waals surface area contributed by atoms with Crippen molar-refractivity contribution in [2.75, 3.05) is 0 Å². The summed E-state index contributed by atoms with van der Waals surface area (Å²) in [5.74, 6) is -3.14. The van der Waals surface area contributed by atoms with Crippen LogP contribution in [-0.2, 0) is 19.2 Å². The summed E-state index contributed by atoms with van der Waals surface area (Å²) in [6.45, 7) is 18.1. The molecule has 1 aromatic carbocycles. The quantitative estimate of drug-likeness (QED) is 0.0514. The molecule has 3 amide bonds. The number of rotatable bonds is 20. The lowest BCUT2D eigenvalue weighted by Crippen LogP contribution is -2.72. The van der Waals surface area contributed by atoms with Crippen molar-refractivity contribution in [3.05, 3.63) is 99.7 Å². The molecule has 3 rings (SSSR count). The maximum atomic E-state index is 14.0. The number of nitrogens with two attached hydrogens (primary N) is 1. The van der Waals surface area contributed by atoms with Gasteiger partial charge in [-0.05, 0) is 144 Å². The molecule has 2 aliphatic heterocycles. The van der Waals surface area contributed by atoms with Gasteiger partial charge >= 0.3 is 5.97 Å². The molecule has 2 heterocycles. The van der Waals surface area contributed by atoms with E-state index in [9.17, 15) is 29.4 Å². The molecule has 56 heavy (non-hydrogen) atoms. The van der Waals surface area contributed by atoms with Gasteiger partial charge in [0, 0.05) is 10.3 Å². The number of aromatic hydroxyl groups is 1. The number of phenolic OH excluding ortho intramolecular Hbond substituents is 1. The molecule has 2 saturated heterocycles. The molecular weight excluding hydrogens is 723 g/mol. The maximum absolute atomic E-state index is 14.0. The molecule has 0 bridgehead atoms. The Morgan fingerprint density at radius 2 is 1.21 bits per heavy atom. The molecule has 0 saturated carbocycles. The number of fused-ring (bicyclic) bond motifs is 1. The molecular formula is C46H65N3O6S. The first-order chi connectivity index (χ1) is 26.3. The van der Waals surface area contributed by atoms with Crippen LogP contribution in [-0.4, -0.2) is 65.9 Å². The molecule has 0 spiro atoms. The molecule has 4 atom stereocenters. The summed E-state index contributed by atoms with van der Waals surface area (Å²) in [6, 6.07) is 2.22. The van der Waals surface area contributed by atoms with Gasteiger partial charge in [-0.15, -0.1) is 11.8 Å². The van der Waals surface area contributed by atoms with Gasteiger partial charge in [0.2, 0.25) is 0 Å². The van der Waals surface area contributed by atoms with Gasteiger partial charge in [-0.2, -0.15) is 0 Å². The van der Waals surface area contributed by atoms with E-state index in [1.165, 1.54) is 68.8 Å². The fraction of sp³-hybridized carbons (Fsp3) is 0.522. The van der Waals surface area contributed by atoms with Crippen LogP contribution in [0.5, 0.6) is 5.75 Å². The third-order valence-corrected chi connectivity index (χ3v) is 12.1. The van der Waals surface area contributed by atoms with E-state index in [1.54, 1.807) is 26.8 Å². The van der Waals surface area contributed by atoms with Crippen LogP contribution >= 0.6 is 11.8 Å². The highest BCUT2D eigenvalue weighted by Crippen LogP contribution is 2.52. The molecule has 1 unspecified atom stereocenters. The molecule has 0 aromatic heterocycles. The Morgan fingerprint density at radius 3 is 1.68 bits per heavy atom. The monoisotopic (exact) mass is 787 g/mol. The molecule has 10 heteroatoms. The first-order valence-electron chi connectivity index (χ1n) is 19.9. The van der Waals surface area contributed by atoms with E-state index in [1.807, 2.05) is 0 Å². The standard InChI is InChI=1S/C46H65N3O6S/c1-30(2)16-12-19-33(5)22-13-20-31(3)17-10-11-18-32(4)21-14-23-34(6)24-15-25-35(7)41(51)48(42(52)38(47)36-26-28-37(50)29-27-36)39-43(53)49-40(45(54)55)46(8,9)56-44(39)49/h16-18,22-23,25-29,38-40,44,50H,10-15,19-21,24,47H2,1-9H3,(H,54,55)/t38?,39-,40+,44-/m1/s1. The number of hydrogen-bond donors (Lipinski definition) is 3. The summed E-state index contributed by atoms with van der Waals surface area (Å²) in [5.41, 5.74) is 13.9. The second-order valence-electron chi connectivity index (χ2n) is 16.2. The normalized spacial score (nSPS) is 20.7. The lowest BCUT2D eigenvalue weighted by atomic mass is 9.94. The SMILES string of the molecule is CC(C)=CCCC(C)=CCCC(C)=CCCC=C(C)CCC=C(C)CCC=C(C)C(=O)N(C(=O)C(N)c1ccc(O)cc1)[C@@H]1C(=O)N2[C@@H]1SC(C)(C)[C@@H]2C(=O)O. The van der Waals surface area contributed by atoms with Gasteiger partial charge in [0.05, 0.1) is 0 Å². The van der Waals surface area contributed by atoms with E-state index in [0.717, 1.165) is 62.7 Å². The van der Waals surface area contributed by atoms with E-state index >= 15 is 0 Å². The highest BCUT2D eigenvalue weighted by molar-refractivity contribution is 8.01. The van der Waals surface area contributed by atoms with Crippen LogP contribution in [0.25, 0.3) is 0 Å². The number of hydrogen-bond acceptors (Lipinski definition) is 7. The van der Waals surface area contributed by atoms with Crippen molar-refractivity contribution in [2.24, 2.45) is 5.73 Å². The van der Waals surface area contributed by atoms with Gasteiger partial charge in [0.25, 0.3) is 17.7 Å². The van der Waals surface area contributed by atoms with Crippen molar-refractivity contribution in [1.82, 2.24) is 9.80 Å². The minimum absolute atomic E-state index is 0.00476. The third kappa shape index (κ3) is 12.9. The fourth-order valence-corrected chi connectivity index (χ4v) is 8.78. The summed E-state index contributed by atoms with van der Waals surface area (Å²) in [7, 11) is 0. The van der Waals surface area contributed by atoms with Crippen molar-refractivity contribution in [3.63, 3.8) is 0 Å². The van der Waals surface area contributed by atoms with Crippen molar-refractivity contribution in [2.45, 2.75) is 155 Å². The molecule has 4 N–H and O–H groups in total. The number of carboxylic acid groups (broad SMARTS) is 1. The zero-order valence-electron chi connectivity index (χ0n) is 35.1. The van der Waals surface area contributed by atoms with Crippen molar-refractivity contribution in [3.8, 4) is 5.75 Å². The van der Waals surface area contributed by atoms with E-state index < -0.39 is 51.9 Å². The molecule has 306 valence electrons. The zero-order valence-corrected chi connectivity index (χ0v) is 35.9. The van der Waals surface area contributed by atoms with Crippen LogP contribution in [0.2, 0.25) is 0 Å². The number of phenols is 1. The van der Waals surface area contributed by atoms with E-state index in [2.05, 4.69) is 71.9 Å². The predicted octanol–water partition coefficient (Wildman–Crippen LogP) is 9.86. The number of carboxylic acids is 1. The van der Waals surface area contributed by atoms with Gasteiger partial charge in [0.15, 0.2) is 0 Å². The van der Waals surface area contributed by atoms with Crippen LogP contribution in [0.15, 0.2) is 94.2 Å². The maximum Gasteiger partial charge on any atom is 0.327 e. The molecule has 9 nitrogen and oxygen atoms in total. The number of β-lactam (4-membered cyclic amide) rings is 1. The Bertz CT molecular complexity index is 1760. The predicted molar refractivity (Wildman–Crippen MR) is 229 cm³/mol. The number of amides is 3. The number of benzene rings is 1. The Kier molecular flexibility index (Phi) is 17.7. The Morgan fingerprint density at radius 1 is 0.768 bits per heavy atom. The Labute approximate surface area is 339 Å². The number of allylic oxidation sites excluding steroid dienone is 11. The smallest absolute Gasteiger partial charge is 0.327 e. The lowest BCUT2D eigenvalue weighted by molar-refractivity contribution is -0.171. The van der Waals surface area contributed by atoms with Crippen LogP contribution in [0.3, 0.4) is 0 Å². The first-order valence-corrected chi connectivity index (χ1v) is 20.8. The number of aliphatic carboxylic acids is 1. The lowest BCUT2D eigenvalue weighted by Gasteiger charge is -2.47. The summed E-state index contributed by atoms with van der Waals surface area (Å²) in [5, 5.41) is 18.9. The number of carbonyl (C=O) groups is 4. The average molecular weight is 788 g/mol. The van der Waals surface area contributed by atoms with Crippen LogP contribution in [0.4, 0.5) is 0 Å². The number of thioether (sulfide) groups is 1. The molecule has 1 aromatic rings. The van der Waals surface area contributed by atoms with Gasteiger partial charge in [-0.3, -0.25) is 19.3 Å². The largest absolute Gasteiger partial charge is 0.508 e. The third-order valence-electron chi connectivity index (χ3n) is 10.5. The van der Waals surface area contributed by atoms with Crippen LogP contribution in [0, 0.1) is 0 Å². The molecule has 2 fully saturated rings. The fourth-order valence-electron chi connectivity index (χ4n) is 7.11. The minimum Gasteiger partial charge on any atom is -0.508 e. The summed E-state index contributed by atoms with van der Waals surface area (Å²) in [6.07, 6.45) is 23.1. The zero-order chi connectivity index (χ0) is 41.7. The highest BCUT2D eigenvalue weighted by atomic mass is 32.2. The molecule has 0 aliphatic carbocycles. The van der Waals surface area contributed by atoms with E-state index in [4.69, 9.17) is 5.73 Å². The van der Waals surface area contributed by atoms with Crippen molar-refractivity contribution < 1.29 is 29.4 Å². The average Bonchev–Trinajstić information content (AvgIpc) is 3.38. The van der Waals surface area contributed by atoms with Gasteiger partial charge < -0.3 is 20.8 Å². The number of unbranched alkanes of at least 4 members (excludes halogenated alkanes) is 1.